The lowest BCUT2D eigenvalue weighted by atomic mass is 9.99. The maximum atomic E-state index is 12.7. The lowest BCUT2D eigenvalue weighted by Gasteiger charge is -2.15. The topological polar surface area (TPSA) is 67.1 Å². The smallest absolute Gasteiger partial charge is 0.258 e. The van der Waals surface area contributed by atoms with Crippen LogP contribution in [-0.2, 0) is 4.79 Å². The number of benzene rings is 3. The summed E-state index contributed by atoms with van der Waals surface area (Å²) in [5.41, 5.74) is 11.1. The molecular weight excluding hydrogens is 346 g/mol. The van der Waals surface area contributed by atoms with Crippen molar-refractivity contribution in [3.8, 4) is 0 Å². The van der Waals surface area contributed by atoms with E-state index in [1.807, 2.05) is 54.6 Å². The Morgan fingerprint density at radius 2 is 1.69 bits per heavy atom. The van der Waals surface area contributed by atoms with E-state index >= 15 is 0 Å². The van der Waals surface area contributed by atoms with Crippen molar-refractivity contribution in [3.63, 3.8) is 0 Å². The third-order valence-electron chi connectivity index (χ3n) is 4.21. The Labute approximate surface area is 156 Å². The Hall–Kier alpha value is -3.24. The van der Waals surface area contributed by atoms with Gasteiger partial charge in [-0.25, -0.2) is 0 Å². The van der Waals surface area contributed by atoms with Crippen LogP contribution in [0.1, 0.15) is 11.1 Å². The van der Waals surface area contributed by atoms with Crippen LogP contribution in [0, 0.1) is 0 Å². The van der Waals surface area contributed by atoms with Crippen molar-refractivity contribution in [1.29, 1.82) is 0 Å². The van der Waals surface area contributed by atoms with E-state index in [1.165, 1.54) is 0 Å². The fraction of sp³-hybridized carbons (Fsp3) is 0. The van der Waals surface area contributed by atoms with Gasteiger partial charge >= 0.3 is 0 Å². The van der Waals surface area contributed by atoms with Gasteiger partial charge in [0, 0.05) is 27.6 Å². The molecule has 0 atom stereocenters. The number of nitrogens with one attached hydrogen (secondary N) is 2. The number of amides is 1. The van der Waals surface area contributed by atoms with Crippen LogP contribution in [0.3, 0.4) is 0 Å². The molecule has 1 heterocycles. The molecule has 128 valence electrons. The summed E-state index contributed by atoms with van der Waals surface area (Å²) in [6.45, 7) is 0. The molecule has 0 fully saturated rings. The van der Waals surface area contributed by atoms with E-state index < -0.39 is 0 Å². The van der Waals surface area contributed by atoms with Crippen LogP contribution in [0.5, 0.6) is 0 Å². The summed E-state index contributed by atoms with van der Waals surface area (Å²) in [5, 5.41) is 6.93. The van der Waals surface area contributed by atoms with Crippen LogP contribution in [0.15, 0.2) is 72.8 Å². The number of fused-ring (bicyclic) bond motifs is 1. The van der Waals surface area contributed by atoms with Crippen LogP contribution in [-0.4, -0.2) is 5.91 Å². The molecule has 0 bridgehead atoms. The minimum absolute atomic E-state index is 0.161. The summed E-state index contributed by atoms with van der Waals surface area (Å²) in [7, 11) is 0. The summed E-state index contributed by atoms with van der Waals surface area (Å²) in [4.78, 5) is 12.7. The molecule has 0 spiro atoms. The minimum Gasteiger partial charge on any atom is -0.399 e. The molecule has 4 N–H and O–H groups in total. The Morgan fingerprint density at radius 3 is 2.42 bits per heavy atom. The van der Waals surface area contributed by atoms with Crippen LogP contribution >= 0.6 is 11.6 Å². The molecule has 0 radical (unpaired) electrons. The highest BCUT2D eigenvalue weighted by Crippen LogP contribution is 2.38. The standard InChI is InChI=1S/C21H16ClN3O/c22-14-6-9-16(10-7-14)24-20(13-4-2-1-3-5-13)19-17-12-15(23)8-11-18(17)25-21(19)26/h1-12,24H,23H2,(H,25,26). The van der Waals surface area contributed by atoms with Crippen molar-refractivity contribution in [2.24, 2.45) is 0 Å². The molecule has 26 heavy (non-hydrogen) atoms. The highest BCUT2D eigenvalue weighted by atomic mass is 35.5. The fourth-order valence-electron chi connectivity index (χ4n) is 2.99. The third-order valence-corrected chi connectivity index (χ3v) is 4.47. The van der Waals surface area contributed by atoms with Gasteiger partial charge in [0.1, 0.15) is 0 Å². The number of hydrogen-bond acceptors (Lipinski definition) is 3. The molecule has 0 aromatic heterocycles. The van der Waals surface area contributed by atoms with E-state index in [4.69, 9.17) is 17.3 Å². The Balaban J connectivity index is 1.91. The van der Waals surface area contributed by atoms with Crippen molar-refractivity contribution < 1.29 is 4.79 Å². The van der Waals surface area contributed by atoms with Crippen LogP contribution < -0.4 is 16.4 Å². The Morgan fingerprint density at radius 1 is 0.962 bits per heavy atom. The largest absolute Gasteiger partial charge is 0.399 e. The zero-order valence-electron chi connectivity index (χ0n) is 13.8. The predicted octanol–water partition coefficient (Wildman–Crippen LogP) is 4.85. The zero-order valence-corrected chi connectivity index (χ0v) is 14.5. The average molecular weight is 362 g/mol. The van der Waals surface area contributed by atoms with E-state index in [0.29, 0.717) is 16.3 Å². The lowest BCUT2D eigenvalue weighted by Crippen LogP contribution is -2.10. The van der Waals surface area contributed by atoms with Crippen molar-refractivity contribution >= 4 is 45.8 Å². The number of rotatable bonds is 3. The molecule has 3 aromatic rings. The van der Waals surface area contributed by atoms with Gasteiger partial charge < -0.3 is 16.4 Å². The second-order valence-corrected chi connectivity index (χ2v) is 6.44. The van der Waals surface area contributed by atoms with Gasteiger partial charge in [0.15, 0.2) is 0 Å². The van der Waals surface area contributed by atoms with Crippen LogP contribution in [0.2, 0.25) is 5.02 Å². The van der Waals surface area contributed by atoms with E-state index in [1.54, 1.807) is 18.2 Å². The first-order valence-electron chi connectivity index (χ1n) is 8.15. The molecule has 0 saturated heterocycles. The first-order chi connectivity index (χ1) is 12.6. The van der Waals surface area contributed by atoms with Gasteiger partial charge in [-0.05, 0) is 48.0 Å². The van der Waals surface area contributed by atoms with E-state index in [0.717, 1.165) is 28.2 Å². The normalized spacial score (nSPS) is 14.6. The quantitative estimate of drug-likeness (QED) is 0.461. The molecular formula is C21H16ClN3O. The number of carbonyl (C=O) groups excluding carboxylic acids is 1. The van der Waals surface area contributed by atoms with Crippen molar-refractivity contribution in [2.45, 2.75) is 0 Å². The van der Waals surface area contributed by atoms with Gasteiger partial charge in [-0.15, -0.1) is 0 Å². The summed E-state index contributed by atoms with van der Waals surface area (Å²) in [5.74, 6) is -0.161. The molecule has 0 aliphatic carbocycles. The average Bonchev–Trinajstić information content (AvgIpc) is 2.97. The highest BCUT2D eigenvalue weighted by molar-refractivity contribution is 6.37. The fourth-order valence-corrected chi connectivity index (χ4v) is 3.12. The van der Waals surface area contributed by atoms with Gasteiger partial charge in [-0.1, -0.05) is 41.9 Å². The molecule has 0 unspecified atom stereocenters. The Bertz CT molecular complexity index is 1010. The van der Waals surface area contributed by atoms with E-state index in [-0.39, 0.29) is 5.91 Å². The first-order valence-corrected chi connectivity index (χ1v) is 8.53. The zero-order chi connectivity index (χ0) is 18.1. The molecule has 3 aromatic carbocycles. The van der Waals surface area contributed by atoms with Gasteiger partial charge in [-0.2, -0.15) is 0 Å². The summed E-state index contributed by atoms with van der Waals surface area (Å²) < 4.78 is 0. The molecule has 5 heteroatoms. The molecule has 1 aliphatic rings. The summed E-state index contributed by atoms with van der Waals surface area (Å²) in [6, 6.07) is 22.5. The number of nitrogens with two attached hydrogens (primary N) is 1. The number of halogens is 1. The molecule has 1 amide bonds. The van der Waals surface area contributed by atoms with Gasteiger partial charge in [0.2, 0.25) is 0 Å². The number of anilines is 3. The van der Waals surface area contributed by atoms with Gasteiger partial charge in [0.05, 0.1) is 11.3 Å². The highest BCUT2D eigenvalue weighted by Gasteiger charge is 2.28. The minimum atomic E-state index is -0.161. The maximum Gasteiger partial charge on any atom is 0.258 e. The lowest BCUT2D eigenvalue weighted by molar-refractivity contribution is -0.110. The summed E-state index contributed by atoms with van der Waals surface area (Å²) in [6.07, 6.45) is 0. The van der Waals surface area contributed by atoms with Crippen LogP contribution in [0.25, 0.3) is 11.3 Å². The number of carbonyl (C=O) groups is 1. The predicted molar refractivity (Wildman–Crippen MR) is 108 cm³/mol. The second kappa shape index (κ2) is 6.58. The SMILES string of the molecule is Nc1ccc2c(c1)C(=C(Nc1ccc(Cl)cc1)c1ccccc1)C(=O)N2. The molecule has 4 rings (SSSR count). The van der Waals surface area contributed by atoms with Crippen molar-refractivity contribution in [1.82, 2.24) is 0 Å². The maximum absolute atomic E-state index is 12.7. The molecule has 1 aliphatic heterocycles. The van der Waals surface area contributed by atoms with E-state index in [2.05, 4.69) is 10.6 Å². The Kier molecular flexibility index (Phi) is 4.11. The third kappa shape index (κ3) is 3.03. The van der Waals surface area contributed by atoms with Crippen LogP contribution in [0.4, 0.5) is 17.1 Å². The van der Waals surface area contributed by atoms with Crippen molar-refractivity contribution in [3.05, 3.63) is 88.9 Å². The van der Waals surface area contributed by atoms with E-state index in [9.17, 15) is 4.79 Å². The molecule has 4 nitrogen and oxygen atoms in total. The second-order valence-electron chi connectivity index (χ2n) is 6.01. The summed E-state index contributed by atoms with van der Waals surface area (Å²) >= 11 is 5.98. The van der Waals surface area contributed by atoms with Gasteiger partial charge in [0.25, 0.3) is 5.91 Å². The number of hydrogen-bond donors (Lipinski definition) is 3. The number of nitrogen functional groups attached to an aromatic ring is 1. The monoisotopic (exact) mass is 361 g/mol. The van der Waals surface area contributed by atoms with Gasteiger partial charge in [-0.3, -0.25) is 4.79 Å². The first kappa shape index (κ1) is 16.2. The van der Waals surface area contributed by atoms with Crippen molar-refractivity contribution in [2.75, 3.05) is 16.4 Å². The molecule has 0 saturated carbocycles.